The van der Waals surface area contributed by atoms with E-state index in [0.717, 1.165) is 44.0 Å². The van der Waals surface area contributed by atoms with Gasteiger partial charge < -0.3 is 4.90 Å². The molecule has 20 heavy (non-hydrogen) atoms. The molecule has 0 N–H and O–H groups in total. The molecule has 2 rings (SSSR count). The maximum atomic E-state index is 12.5. The number of nitrogens with zero attached hydrogens (tertiary/aromatic N) is 2. The van der Waals surface area contributed by atoms with Gasteiger partial charge in [-0.05, 0) is 37.3 Å². The van der Waals surface area contributed by atoms with Crippen LogP contribution in [0.1, 0.15) is 55.6 Å². The summed E-state index contributed by atoms with van der Waals surface area (Å²) < 4.78 is 0. The number of amides is 1. The minimum Gasteiger partial charge on any atom is -0.339 e. The fourth-order valence-corrected chi connectivity index (χ4v) is 3.10. The number of hydrogen-bond acceptors (Lipinski definition) is 2. The van der Waals surface area contributed by atoms with Crippen molar-refractivity contribution in [2.45, 2.75) is 46.0 Å². The Hall–Kier alpha value is -1.09. The molecule has 0 atom stereocenters. The average molecular weight is 295 g/mol. The van der Waals surface area contributed by atoms with Crippen molar-refractivity contribution in [1.29, 1.82) is 0 Å². The van der Waals surface area contributed by atoms with Crippen LogP contribution >= 0.6 is 11.6 Å². The highest BCUT2D eigenvalue weighted by molar-refractivity contribution is 6.29. The molecule has 1 aliphatic heterocycles. The third-order valence-electron chi connectivity index (χ3n) is 4.05. The van der Waals surface area contributed by atoms with Crippen molar-refractivity contribution < 1.29 is 4.79 Å². The molecule has 0 spiro atoms. The number of rotatable bonds is 4. The smallest absolute Gasteiger partial charge is 0.254 e. The quantitative estimate of drug-likeness (QED) is 0.788. The molecule has 1 aromatic heterocycles. The third kappa shape index (κ3) is 3.72. The Bertz CT molecular complexity index is 468. The van der Waals surface area contributed by atoms with Crippen LogP contribution < -0.4 is 0 Å². The first kappa shape index (κ1) is 15.3. The molecule has 1 aromatic rings. The fourth-order valence-electron chi connectivity index (χ4n) is 2.87. The van der Waals surface area contributed by atoms with Gasteiger partial charge in [-0.15, -0.1) is 0 Å². The molecule has 0 bridgehead atoms. The Labute approximate surface area is 126 Å². The summed E-state index contributed by atoms with van der Waals surface area (Å²) in [4.78, 5) is 18.7. The summed E-state index contributed by atoms with van der Waals surface area (Å²) in [7, 11) is 0. The lowest BCUT2D eigenvalue weighted by Gasteiger charge is -2.32. The van der Waals surface area contributed by atoms with Gasteiger partial charge in [-0.2, -0.15) is 0 Å². The van der Waals surface area contributed by atoms with Gasteiger partial charge in [0.2, 0.25) is 0 Å². The van der Waals surface area contributed by atoms with Crippen LogP contribution in [0.2, 0.25) is 5.15 Å². The summed E-state index contributed by atoms with van der Waals surface area (Å²) in [6.45, 7) is 5.97. The normalized spacial score (nSPS) is 16.4. The summed E-state index contributed by atoms with van der Waals surface area (Å²) in [6.07, 6.45) is 5.55. The third-order valence-corrected chi connectivity index (χ3v) is 4.25. The van der Waals surface area contributed by atoms with Crippen LogP contribution in [0, 0.1) is 5.92 Å². The molecule has 3 nitrogen and oxygen atoms in total. The number of carbonyl (C=O) groups excluding carboxylic acids is 1. The van der Waals surface area contributed by atoms with E-state index >= 15 is 0 Å². The molecule has 1 amide bonds. The molecule has 0 aliphatic carbocycles. The molecule has 1 saturated heterocycles. The molecule has 1 fully saturated rings. The van der Waals surface area contributed by atoms with Crippen LogP contribution in [-0.4, -0.2) is 28.9 Å². The molecule has 0 aromatic carbocycles. The lowest BCUT2D eigenvalue weighted by Crippen LogP contribution is -2.38. The van der Waals surface area contributed by atoms with Gasteiger partial charge in [-0.3, -0.25) is 4.79 Å². The standard InChI is InChI=1S/C16H23ClN2O/c1-3-5-12-6-8-19(9-7-12)16(20)13-10-14(4-2)18-15(17)11-13/h10-12H,3-9H2,1-2H3. The zero-order chi connectivity index (χ0) is 14.5. The van der Waals surface area contributed by atoms with E-state index in [9.17, 15) is 4.79 Å². The first-order valence-electron chi connectivity index (χ1n) is 7.59. The Morgan fingerprint density at radius 2 is 2.05 bits per heavy atom. The second-order valence-corrected chi connectivity index (χ2v) is 5.93. The van der Waals surface area contributed by atoms with Gasteiger partial charge in [-0.25, -0.2) is 4.98 Å². The second kappa shape index (κ2) is 7.07. The van der Waals surface area contributed by atoms with Crippen molar-refractivity contribution in [1.82, 2.24) is 9.88 Å². The molecule has 110 valence electrons. The van der Waals surface area contributed by atoms with Crippen molar-refractivity contribution in [3.05, 3.63) is 28.5 Å². The van der Waals surface area contributed by atoms with E-state index < -0.39 is 0 Å². The van der Waals surface area contributed by atoms with Crippen LogP contribution in [0.3, 0.4) is 0 Å². The minimum atomic E-state index is 0.0962. The number of piperidine rings is 1. The highest BCUT2D eigenvalue weighted by Crippen LogP contribution is 2.23. The van der Waals surface area contributed by atoms with E-state index in [1.807, 2.05) is 17.9 Å². The van der Waals surface area contributed by atoms with Gasteiger partial charge in [0.1, 0.15) is 5.15 Å². The summed E-state index contributed by atoms with van der Waals surface area (Å²) >= 11 is 5.99. The first-order valence-corrected chi connectivity index (χ1v) is 7.97. The fraction of sp³-hybridized carbons (Fsp3) is 0.625. The van der Waals surface area contributed by atoms with Gasteiger partial charge in [0.05, 0.1) is 0 Å². The maximum absolute atomic E-state index is 12.5. The van der Waals surface area contributed by atoms with Gasteiger partial charge in [0.25, 0.3) is 5.91 Å². The number of pyridine rings is 1. The van der Waals surface area contributed by atoms with Crippen molar-refractivity contribution in [2.75, 3.05) is 13.1 Å². The number of carbonyl (C=O) groups is 1. The zero-order valence-electron chi connectivity index (χ0n) is 12.4. The first-order chi connectivity index (χ1) is 9.63. The summed E-state index contributed by atoms with van der Waals surface area (Å²) in [6, 6.07) is 3.55. The molecule has 0 saturated carbocycles. The van der Waals surface area contributed by atoms with E-state index in [-0.39, 0.29) is 5.91 Å². The van der Waals surface area contributed by atoms with Crippen molar-refractivity contribution in [3.63, 3.8) is 0 Å². The minimum absolute atomic E-state index is 0.0962. The molecule has 1 aliphatic rings. The van der Waals surface area contributed by atoms with E-state index in [1.165, 1.54) is 12.8 Å². The predicted molar refractivity (Wildman–Crippen MR) is 82.2 cm³/mol. The van der Waals surface area contributed by atoms with E-state index in [4.69, 9.17) is 11.6 Å². The Kier molecular flexibility index (Phi) is 5.41. The second-order valence-electron chi connectivity index (χ2n) is 5.55. The topological polar surface area (TPSA) is 33.2 Å². The van der Waals surface area contributed by atoms with Gasteiger partial charge in [0.15, 0.2) is 0 Å². The summed E-state index contributed by atoms with van der Waals surface area (Å²) in [5.41, 5.74) is 1.55. The summed E-state index contributed by atoms with van der Waals surface area (Å²) in [5, 5.41) is 0.411. The van der Waals surface area contributed by atoms with Crippen LogP contribution in [-0.2, 0) is 6.42 Å². The number of aryl methyl sites for hydroxylation is 1. The number of aromatic nitrogens is 1. The Balaban J connectivity index is 2.03. The van der Waals surface area contributed by atoms with E-state index in [0.29, 0.717) is 10.7 Å². The summed E-state index contributed by atoms with van der Waals surface area (Å²) in [5.74, 6) is 0.884. The van der Waals surface area contributed by atoms with Crippen LogP contribution in [0.25, 0.3) is 0 Å². The van der Waals surface area contributed by atoms with Crippen molar-refractivity contribution >= 4 is 17.5 Å². The average Bonchev–Trinajstić information content (AvgIpc) is 2.47. The Morgan fingerprint density at radius 3 is 2.65 bits per heavy atom. The molecule has 0 unspecified atom stereocenters. The van der Waals surface area contributed by atoms with E-state index in [1.54, 1.807) is 6.07 Å². The molecule has 0 radical (unpaired) electrons. The lowest BCUT2D eigenvalue weighted by molar-refractivity contribution is 0.0686. The SMILES string of the molecule is CCCC1CCN(C(=O)c2cc(Cl)nc(CC)c2)CC1. The predicted octanol–water partition coefficient (Wildman–Crippen LogP) is 3.95. The monoisotopic (exact) mass is 294 g/mol. The van der Waals surface area contributed by atoms with Crippen LogP contribution in [0.15, 0.2) is 12.1 Å². The maximum Gasteiger partial charge on any atom is 0.254 e. The molecular weight excluding hydrogens is 272 g/mol. The molecule has 4 heteroatoms. The van der Waals surface area contributed by atoms with Crippen LogP contribution in [0.5, 0.6) is 0 Å². The van der Waals surface area contributed by atoms with Crippen LogP contribution in [0.4, 0.5) is 0 Å². The highest BCUT2D eigenvalue weighted by atomic mass is 35.5. The van der Waals surface area contributed by atoms with Gasteiger partial charge >= 0.3 is 0 Å². The van der Waals surface area contributed by atoms with Gasteiger partial charge in [-0.1, -0.05) is 38.3 Å². The Morgan fingerprint density at radius 1 is 1.35 bits per heavy atom. The zero-order valence-corrected chi connectivity index (χ0v) is 13.1. The van der Waals surface area contributed by atoms with E-state index in [2.05, 4.69) is 11.9 Å². The van der Waals surface area contributed by atoms with Crippen molar-refractivity contribution in [3.8, 4) is 0 Å². The number of likely N-dealkylation sites (tertiary alicyclic amines) is 1. The highest BCUT2D eigenvalue weighted by Gasteiger charge is 2.23. The largest absolute Gasteiger partial charge is 0.339 e. The van der Waals surface area contributed by atoms with Gasteiger partial charge in [0, 0.05) is 24.3 Å². The number of halogens is 1. The number of hydrogen-bond donors (Lipinski definition) is 0. The molecule has 2 heterocycles. The van der Waals surface area contributed by atoms with Crippen molar-refractivity contribution in [2.24, 2.45) is 5.92 Å². The molecular formula is C16H23ClN2O. The lowest BCUT2D eigenvalue weighted by atomic mass is 9.92.